The Balaban J connectivity index is 2.09. The maximum absolute atomic E-state index is 11.2. The normalized spacial score (nSPS) is 11.1. The molecule has 0 fully saturated rings. The van der Waals surface area contributed by atoms with Crippen LogP contribution < -0.4 is 4.74 Å². The molecule has 0 aliphatic carbocycles. The van der Waals surface area contributed by atoms with Crippen molar-refractivity contribution >= 4 is 28.9 Å². The second-order valence-corrected chi connectivity index (χ2v) is 5.89. The number of carbonyl (C=O) groups excluding carboxylic acids is 1. The van der Waals surface area contributed by atoms with E-state index in [2.05, 4.69) is 0 Å². The number of carboxylic acid groups (broad SMARTS) is 1. The number of hydrogen-bond acceptors (Lipinski definition) is 4. The molecule has 4 nitrogen and oxygen atoms in total. The first kappa shape index (κ1) is 16.8. The van der Waals surface area contributed by atoms with E-state index in [0.29, 0.717) is 5.75 Å². The molecule has 2 rings (SSSR count). The number of carbonyl (C=O) groups is 2. The molecule has 0 spiro atoms. The van der Waals surface area contributed by atoms with Crippen molar-refractivity contribution in [3.8, 4) is 11.5 Å². The Kier molecular flexibility index (Phi) is 6.00. The number of ether oxygens (including phenoxy) is 1. The van der Waals surface area contributed by atoms with Gasteiger partial charge in [-0.2, -0.15) is 0 Å². The van der Waals surface area contributed by atoms with Crippen molar-refractivity contribution in [1.29, 1.82) is 0 Å². The van der Waals surface area contributed by atoms with Crippen LogP contribution in [0.5, 0.6) is 11.5 Å². The van der Waals surface area contributed by atoms with Crippen molar-refractivity contribution in [2.45, 2.75) is 6.92 Å². The van der Waals surface area contributed by atoms with Gasteiger partial charge in [0.2, 0.25) is 0 Å². The van der Waals surface area contributed by atoms with Crippen molar-refractivity contribution in [3.05, 3.63) is 65.7 Å². The monoisotopic (exact) mass is 328 g/mol. The van der Waals surface area contributed by atoms with E-state index in [1.165, 1.54) is 6.92 Å². The predicted molar refractivity (Wildman–Crippen MR) is 91.7 cm³/mol. The van der Waals surface area contributed by atoms with E-state index in [4.69, 9.17) is 4.74 Å². The molecule has 118 valence electrons. The van der Waals surface area contributed by atoms with Crippen LogP contribution in [0, 0.1) is 0 Å². The van der Waals surface area contributed by atoms with Gasteiger partial charge < -0.3 is 9.84 Å². The third-order valence-electron chi connectivity index (χ3n) is 2.91. The van der Waals surface area contributed by atoms with Crippen LogP contribution in [0.2, 0.25) is 0 Å². The Labute approximate surface area is 138 Å². The number of para-hydroxylation sites is 1. The van der Waals surface area contributed by atoms with Crippen molar-refractivity contribution < 1.29 is 19.4 Å². The molecule has 0 saturated carbocycles. The van der Waals surface area contributed by atoms with Gasteiger partial charge in [0, 0.05) is 18.2 Å². The Morgan fingerprint density at radius 1 is 1.04 bits per heavy atom. The third-order valence-corrected chi connectivity index (χ3v) is 3.77. The van der Waals surface area contributed by atoms with Crippen LogP contribution in [0.4, 0.5) is 0 Å². The molecule has 0 radical (unpaired) electrons. The van der Waals surface area contributed by atoms with Gasteiger partial charge in [-0.25, -0.2) is 4.79 Å². The Hall–Kier alpha value is -2.53. The summed E-state index contributed by atoms with van der Waals surface area (Å²) in [5.74, 6) is 0.527. The molecule has 0 saturated heterocycles. The maximum Gasteiger partial charge on any atom is 0.332 e. The first-order valence-electron chi connectivity index (χ1n) is 6.95. The zero-order chi connectivity index (χ0) is 16.7. The number of rotatable bonds is 6. The van der Waals surface area contributed by atoms with E-state index in [1.807, 2.05) is 30.3 Å². The van der Waals surface area contributed by atoms with E-state index in [9.17, 15) is 14.7 Å². The van der Waals surface area contributed by atoms with E-state index in [1.54, 1.807) is 30.3 Å². The van der Waals surface area contributed by atoms with Gasteiger partial charge in [-0.05, 0) is 35.9 Å². The van der Waals surface area contributed by atoms with E-state index in [-0.39, 0.29) is 16.4 Å². The van der Waals surface area contributed by atoms with Crippen LogP contribution in [0.3, 0.4) is 0 Å². The summed E-state index contributed by atoms with van der Waals surface area (Å²) in [6.07, 6.45) is 1.56. The van der Waals surface area contributed by atoms with Crippen LogP contribution in [-0.2, 0) is 9.59 Å². The fourth-order valence-electron chi connectivity index (χ4n) is 1.80. The van der Waals surface area contributed by atoms with Gasteiger partial charge in [0.15, 0.2) is 5.12 Å². The quantitative estimate of drug-likeness (QED) is 0.804. The topological polar surface area (TPSA) is 63.6 Å². The van der Waals surface area contributed by atoms with Crippen molar-refractivity contribution in [2.24, 2.45) is 0 Å². The third kappa shape index (κ3) is 5.64. The van der Waals surface area contributed by atoms with Gasteiger partial charge in [0.25, 0.3) is 0 Å². The lowest BCUT2D eigenvalue weighted by Crippen LogP contribution is -2.04. The minimum Gasteiger partial charge on any atom is -0.478 e. The highest BCUT2D eigenvalue weighted by Gasteiger charge is 2.09. The van der Waals surface area contributed by atoms with Crippen LogP contribution in [0.1, 0.15) is 12.5 Å². The van der Waals surface area contributed by atoms with Gasteiger partial charge >= 0.3 is 5.97 Å². The molecular formula is C18H16O4S. The molecule has 0 heterocycles. The molecule has 0 aliphatic rings. The van der Waals surface area contributed by atoms with Crippen LogP contribution in [0.25, 0.3) is 6.08 Å². The second-order valence-electron chi connectivity index (χ2n) is 4.74. The predicted octanol–water partition coefficient (Wildman–Crippen LogP) is 4.23. The van der Waals surface area contributed by atoms with Gasteiger partial charge in [-0.15, -0.1) is 0 Å². The molecular weight excluding hydrogens is 312 g/mol. The minimum absolute atomic E-state index is 0.108. The van der Waals surface area contributed by atoms with E-state index < -0.39 is 5.97 Å². The minimum atomic E-state index is -1.02. The summed E-state index contributed by atoms with van der Waals surface area (Å²) in [5, 5.41) is 9.07. The lowest BCUT2D eigenvalue weighted by atomic mass is 10.1. The summed E-state index contributed by atoms with van der Waals surface area (Å²) in [4.78, 5) is 22.2. The lowest BCUT2D eigenvalue weighted by molar-refractivity contribution is -0.132. The number of carboxylic acids is 1. The fourth-order valence-corrected chi connectivity index (χ4v) is 2.37. The Morgan fingerprint density at radius 2 is 1.65 bits per heavy atom. The van der Waals surface area contributed by atoms with Gasteiger partial charge in [-0.3, -0.25) is 4.79 Å². The zero-order valence-corrected chi connectivity index (χ0v) is 13.4. The number of benzene rings is 2. The fraction of sp³-hybridized carbons (Fsp3) is 0.111. The summed E-state index contributed by atoms with van der Waals surface area (Å²) in [6, 6.07) is 16.5. The van der Waals surface area contributed by atoms with Crippen molar-refractivity contribution in [2.75, 3.05) is 5.75 Å². The summed E-state index contributed by atoms with van der Waals surface area (Å²) < 4.78 is 5.68. The molecule has 1 N–H and O–H groups in total. The first-order valence-corrected chi connectivity index (χ1v) is 7.93. The molecule has 5 heteroatoms. The van der Waals surface area contributed by atoms with Crippen molar-refractivity contribution in [3.63, 3.8) is 0 Å². The van der Waals surface area contributed by atoms with Gasteiger partial charge in [0.05, 0.1) is 0 Å². The van der Waals surface area contributed by atoms with Gasteiger partial charge in [0.1, 0.15) is 11.5 Å². The van der Waals surface area contributed by atoms with Crippen molar-refractivity contribution in [1.82, 2.24) is 0 Å². The van der Waals surface area contributed by atoms with Crippen LogP contribution >= 0.6 is 11.8 Å². The summed E-state index contributed by atoms with van der Waals surface area (Å²) in [6.45, 7) is 1.42. The molecule has 0 bridgehead atoms. The summed E-state index contributed by atoms with van der Waals surface area (Å²) in [5.41, 5.74) is 0.925. The lowest BCUT2D eigenvalue weighted by Gasteiger charge is -2.06. The SMILES string of the molecule is CC(=O)SCC(=Cc1ccc(Oc2ccccc2)cc1)C(=O)O. The molecule has 0 unspecified atom stereocenters. The van der Waals surface area contributed by atoms with Gasteiger partial charge in [-0.1, -0.05) is 42.1 Å². The number of aliphatic carboxylic acids is 1. The van der Waals surface area contributed by atoms with Crippen LogP contribution in [-0.4, -0.2) is 21.9 Å². The summed E-state index contributed by atoms with van der Waals surface area (Å²) >= 11 is 0.979. The first-order chi connectivity index (χ1) is 11.0. The highest BCUT2D eigenvalue weighted by Crippen LogP contribution is 2.22. The molecule has 2 aromatic carbocycles. The molecule has 2 aromatic rings. The molecule has 0 aromatic heterocycles. The highest BCUT2D eigenvalue weighted by molar-refractivity contribution is 8.13. The Bertz CT molecular complexity index is 706. The molecule has 23 heavy (non-hydrogen) atoms. The average Bonchev–Trinajstić information content (AvgIpc) is 2.53. The summed E-state index contributed by atoms with van der Waals surface area (Å²) in [7, 11) is 0. The largest absolute Gasteiger partial charge is 0.478 e. The number of hydrogen-bond donors (Lipinski definition) is 1. The Morgan fingerprint density at radius 3 is 2.22 bits per heavy atom. The molecule has 0 aliphatic heterocycles. The number of thioether (sulfide) groups is 1. The highest BCUT2D eigenvalue weighted by atomic mass is 32.2. The second kappa shape index (κ2) is 8.19. The molecule has 0 amide bonds. The standard InChI is InChI=1S/C18H16O4S/c1-13(19)23-12-15(18(20)21)11-14-7-9-17(10-8-14)22-16-5-3-2-4-6-16/h2-11H,12H2,1H3,(H,20,21). The van der Waals surface area contributed by atoms with E-state index in [0.717, 1.165) is 23.1 Å². The maximum atomic E-state index is 11.2. The zero-order valence-electron chi connectivity index (χ0n) is 12.6. The van der Waals surface area contributed by atoms with E-state index >= 15 is 0 Å². The van der Waals surface area contributed by atoms with Crippen LogP contribution in [0.15, 0.2) is 60.2 Å². The smallest absolute Gasteiger partial charge is 0.332 e. The average molecular weight is 328 g/mol. The molecule has 0 atom stereocenters.